The van der Waals surface area contributed by atoms with Crippen LogP contribution in [-0.2, 0) is 14.8 Å². The van der Waals surface area contributed by atoms with Crippen molar-refractivity contribution in [2.24, 2.45) is 5.14 Å². The molecule has 0 unspecified atom stereocenters. The molecule has 0 radical (unpaired) electrons. The molecule has 0 saturated heterocycles. The fraction of sp³-hybridized carbons (Fsp3) is 0.364. The molecule has 1 aromatic rings. The Morgan fingerprint density at radius 1 is 1.50 bits per heavy atom. The molecule has 110 valence electrons. The summed E-state index contributed by atoms with van der Waals surface area (Å²) in [6.07, 6.45) is 1.90. The van der Waals surface area contributed by atoms with E-state index in [4.69, 9.17) is 9.88 Å². The molecule has 0 spiro atoms. The Morgan fingerprint density at radius 3 is 2.70 bits per heavy atom. The van der Waals surface area contributed by atoms with Gasteiger partial charge < -0.3 is 10.1 Å². The second-order valence-electron chi connectivity index (χ2n) is 4.39. The highest BCUT2D eigenvalue weighted by Crippen LogP contribution is 2.30. The number of hydrogen-bond acceptors (Lipinski definition) is 4. The Morgan fingerprint density at radius 2 is 2.15 bits per heavy atom. The quantitative estimate of drug-likeness (QED) is 0.808. The summed E-state index contributed by atoms with van der Waals surface area (Å²) in [6, 6.07) is 2.07. The zero-order valence-electron chi connectivity index (χ0n) is 10.2. The number of hydrogen-bond donors (Lipinski definition) is 2. The molecule has 3 N–H and O–H groups in total. The molecule has 0 bridgehead atoms. The minimum Gasteiger partial charge on any atom is -0.482 e. The van der Waals surface area contributed by atoms with Crippen molar-refractivity contribution in [2.75, 3.05) is 6.61 Å². The number of primary sulfonamides is 1. The van der Waals surface area contributed by atoms with Crippen LogP contribution >= 0.6 is 15.9 Å². The standard InChI is InChI=1S/C11H12BrFN2O4S/c12-7-3-10(20(14,17)18)8(13)4-9(7)19-5-11(16)15-6-1-2-6/h3-4,6H,1-2,5H2,(H,15,16)(H2,14,17,18). The fourth-order valence-corrected chi connectivity index (χ4v) is 2.70. The third kappa shape index (κ3) is 3.90. The van der Waals surface area contributed by atoms with E-state index in [2.05, 4.69) is 21.2 Å². The van der Waals surface area contributed by atoms with Crippen molar-refractivity contribution < 1.29 is 22.3 Å². The van der Waals surface area contributed by atoms with E-state index in [-0.39, 0.29) is 28.8 Å². The van der Waals surface area contributed by atoms with Crippen LogP contribution in [0.15, 0.2) is 21.5 Å². The van der Waals surface area contributed by atoms with E-state index in [9.17, 15) is 17.6 Å². The Balaban J connectivity index is 2.08. The number of ether oxygens (including phenoxy) is 1. The Hall–Kier alpha value is -1.19. The summed E-state index contributed by atoms with van der Waals surface area (Å²) in [6.45, 7) is -0.275. The number of carbonyl (C=O) groups is 1. The maximum absolute atomic E-state index is 13.6. The van der Waals surface area contributed by atoms with E-state index in [1.165, 1.54) is 0 Å². The average molecular weight is 367 g/mol. The van der Waals surface area contributed by atoms with E-state index < -0.39 is 20.7 Å². The van der Waals surface area contributed by atoms with Gasteiger partial charge in [0.2, 0.25) is 10.0 Å². The van der Waals surface area contributed by atoms with Crippen molar-refractivity contribution in [3.05, 3.63) is 22.4 Å². The van der Waals surface area contributed by atoms with Gasteiger partial charge in [0.05, 0.1) is 4.47 Å². The van der Waals surface area contributed by atoms with Gasteiger partial charge in [-0.25, -0.2) is 17.9 Å². The maximum atomic E-state index is 13.6. The molecule has 6 nitrogen and oxygen atoms in total. The summed E-state index contributed by atoms with van der Waals surface area (Å²) < 4.78 is 41.2. The van der Waals surface area contributed by atoms with Crippen molar-refractivity contribution in [3.63, 3.8) is 0 Å². The monoisotopic (exact) mass is 366 g/mol. The normalized spacial score (nSPS) is 14.9. The first-order chi connectivity index (χ1) is 9.27. The molecule has 1 fully saturated rings. The minimum absolute atomic E-state index is 0.0286. The van der Waals surface area contributed by atoms with Crippen LogP contribution in [0, 0.1) is 5.82 Å². The van der Waals surface area contributed by atoms with Crippen molar-refractivity contribution in [2.45, 2.75) is 23.8 Å². The topological polar surface area (TPSA) is 98.5 Å². The maximum Gasteiger partial charge on any atom is 0.258 e. The van der Waals surface area contributed by atoms with E-state index in [1.54, 1.807) is 0 Å². The number of nitrogens with one attached hydrogen (secondary N) is 1. The van der Waals surface area contributed by atoms with Crippen molar-refractivity contribution in [3.8, 4) is 5.75 Å². The number of sulfonamides is 1. The first kappa shape index (κ1) is 15.2. The van der Waals surface area contributed by atoms with Gasteiger partial charge in [-0.05, 0) is 34.8 Å². The zero-order chi connectivity index (χ0) is 14.9. The summed E-state index contributed by atoms with van der Waals surface area (Å²) in [5.41, 5.74) is 0. The highest BCUT2D eigenvalue weighted by atomic mass is 79.9. The van der Waals surface area contributed by atoms with E-state index in [0.29, 0.717) is 0 Å². The Kier molecular flexibility index (Phi) is 4.31. The molecule has 0 atom stereocenters. The third-order valence-electron chi connectivity index (χ3n) is 2.59. The molecular weight excluding hydrogens is 355 g/mol. The molecule has 0 aromatic heterocycles. The van der Waals surface area contributed by atoms with Gasteiger partial charge in [-0.1, -0.05) is 0 Å². The smallest absolute Gasteiger partial charge is 0.258 e. The highest BCUT2D eigenvalue weighted by Gasteiger charge is 2.23. The van der Waals surface area contributed by atoms with Crippen LogP contribution in [0.1, 0.15) is 12.8 Å². The number of halogens is 2. The lowest BCUT2D eigenvalue weighted by Gasteiger charge is -2.10. The highest BCUT2D eigenvalue weighted by molar-refractivity contribution is 9.10. The first-order valence-corrected chi connectivity index (χ1v) is 8.05. The van der Waals surface area contributed by atoms with Crippen LogP contribution in [0.3, 0.4) is 0 Å². The number of carbonyl (C=O) groups excluding carboxylic acids is 1. The van der Waals surface area contributed by atoms with Gasteiger partial charge >= 0.3 is 0 Å². The fourth-order valence-electron chi connectivity index (χ4n) is 1.48. The second kappa shape index (κ2) is 5.66. The largest absolute Gasteiger partial charge is 0.482 e. The van der Waals surface area contributed by atoms with Crippen LogP contribution in [-0.4, -0.2) is 27.0 Å². The molecule has 0 aliphatic heterocycles. The molecule has 20 heavy (non-hydrogen) atoms. The van der Waals surface area contributed by atoms with Gasteiger partial charge in [0.25, 0.3) is 5.91 Å². The number of amides is 1. The second-order valence-corrected chi connectivity index (χ2v) is 6.77. The molecular formula is C11H12BrFN2O4S. The van der Waals surface area contributed by atoms with Gasteiger partial charge in [-0.2, -0.15) is 0 Å². The predicted molar refractivity (Wildman–Crippen MR) is 72.1 cm³/mol. The van der Waals surface area contributed by atoms with Crippen LogP contribution in [0.4, 0.5) is 4.39 Å². The summed E-state index contributed by atoms with van der Waals surface area (Å²) in [5.74, 6) is -1.32. The number of rotatable bonds is 5. The summed E-state index contributed by atoms with van der Waals surface area (Å²) in [7, 11) is -4.15. The SMILES string of the molecule is NS(=O)(=O)c1cc(Br)c(OCC(=O)NC2CC2)cc1F. The van der Waals surface area contributed by atoms with Crippen LogP contribution in [0.5, 0.6) is 5.75 Å². The van der Waals surface area contributed by atoms with Gasteiger partial charge in [0, 0.05) is 12.1 Å². The van der Waals surface area contributed by atoms with Crippen molar-refractivity contribution >= 4 is 31.9 Å². The van der Waals surface area contributed by atoms with E-state index in [1.807, 2.05) is 0 Å². The molecule has 1 saturated carbocycles. The van der Waals surface area contributed by atoms with Gasteiger partial charge in [0.15, 0.2) is 6.61 Å². The first-order valence-electron chi connectivity index (χ1n) is 5.71. The molecule has 0 heterocycles. The van der Waals surface area contributed by atoms with E-state index >= 15 is 0 Å². The van der Waals surface area contributed by atoms with Gasteiger partial charge in [0.1, 0.15) is 16.5 Å². The van der Waals surface area contributed by atoms with Gasteiger partial charge in [-0.3, -0.25) is 4.79 Å². The summed E-state index contributed by atoms with van der Waals surface area (Å²) in [5, 5.41) is 7.57. The van der Waals surface area contributed by atoms with Crippen molar-refractivity contribution in [1.82, 2.24) is 5.32 Å². The molecule has 9 heteroatoms. The van der Waals surface area contributed by atoms with Crippen LogP contribution < -0.4 is 15.2 Å². The molecule has 1 aliphatic carbocycles. The summed E-state index contributed by atoms with van der Waals surface area (Å²) >= 11 is 3.04. The van der Waals surface area contributed by atoms with E-state index in [0.717, 1.165) is 25.0 Å². The lowest BCUT2D eigenvalue weighted by atomic mass is 10.3. The van der Waals surface area contributed by atoms with Crippen LogP contribution in [0.25, 0.3) is 0 Å². The summed E-state index contributed by atoms with van der Waals surface area (Å²) in [4.78, 5) is 10.8. The Labute approximate surface area is 123 Å². The third-order valence-corrected chi connectivity index (χ3v) is 4.14. The zero-order valence-corrected chi connectivity index (χ0v) is 12.6. The number of benzene rings is 1. The van der Waals surface area contributed by atoms with Gasteiger partial charge in [-0.15, -0.1) is 0 Å². The Bertz CT molecular complexity index is 646. The number of nitrogens with two attached hydrogens (primary N) is 1. The van der Waals surface area contributed by atoms with Crippen molar-refractivity contribution in [1.29, 1.82) is 0 Å². The minimum atomic E-state index is -4.15. The average Bonchev–Trinajstić information content (AvgIpc) is 3.12. The molecule has 1 amide bonds. The van der Waals surface area contributed by atoms with Crippen LogP contribution in [0.2, 0.25) is 0 Å². The lowest BCUT2D eigenvalue weighted by molar-refractivity contribution is -0.123. The lowest BCUT2D eigenvalue weighted by Crippen LogP contribution is -2.30. The molecule has 1 aromatic carbocycles. The molecule has 2 rings (SSSR count). The predicted octanol–water partition coefficient (Wildman–Crippen LogP) is 0.893. The molecule has 1 aliphatic rings.